The molecule has 0 aliphatic carbocycles. The van der Waals surface area contributed by atoms with Crippen molar-refractivity contribution in [2.24, 2.45) is 0 Å². The van der Waals surface area contributed by atoms with Gasteiger partial charge in [0, 0.05) is 0 Å². The van der Waals surface area contributed by atoms with Crippen molar-refractivity contribution >= 4 is 0 Å². The smallest absolute Gasteiger partial charge is 0.382 e. The molecule has 0 atom stereocenters. The van der Waals surface area contributed by atoms with E-state index in [2.05, 4.69) is 68.8 Å². The third-order valence-corrected chi connectivity index (χ3v) is 2.10. The van der Waals surface area contributed by atoms with Crippen LogP contribution < -0.4 is 89.1 Å². The van der Waals surface area contributed by atoms with E-state index in [-0.39, 0.29) is 89.1 Å². The fourth-order valence-corrected chi connectivity index (χ4v) is 1.29. The third-order valence-electron chi connectivity index (χ3n) is 2.10. The SMILES string of the molecule is [CH2-]C=C[CH2-].[K+].[Li+].[Li+].c1ccc([CH-]c2ccccc2)cc1. The summed E-state index contributed by atoms with van der Waals surface area (Å²) in [5, 5.41) is 0. The Morgan fingerprint density at radius 3 is 1.20 bits per heavy atom. The Hall–Kier alpha value is 0.621. The van der Waals surface area contributed by atoms with Gasteiger partial charge in [-0.05, 0) is 0 Å². The van der Waals surface area contributed by atoms with Crippen LogP contribution in [-0.2, 0) is 0 Å². The van der Waals surface area contributed by atoms with Gasteiger partial charge < -0.3 is 26.0 Å². The van der Waals surface area contributed by atoms with Crippen molar-refractivity contribution in [3.8, 4) is 0 Å². The molecule has 0 aromatic heterocycles. The molecule has 0 bridgehead atoms. The largest absolute Gasteiger partial charge is 1.00 e. The van der Waals surface area contributed by atoms with E-state index in [4.69, 9.17) is 0 Å². The molecule has 0 fully saturated rings. The second kappa shape index (κ2) is 17.7. The van der Waals surface area contributed by atoms with Gasteiger partial charge in [-0.25, -0.2) is 0 Å². The summed E-state index contributed by atoms with van der Waals surface area (Å²) in [6.07, 6.45) is 5.44. The van der Waals surface area contributed by atoms with E-state index < -0.39 is 0 Å². The second-order valence-electron chi connectivity index (χ2n) is 3.44. The normalized spacial score (nSPS) is 8.00. The molecule has 0 aliphatic heterocycles. The van der Waals surface area contributed by atoms with Crippen molar-refractivity contribution in [3.63, 3.8) is 0 Å². The van der Waals surface area contributed by atoms with Crippen molar-refractivity contribution in [2.45, 2.75) is 0 Å². The maximum atomic E-state index is 3.36. The van der Waals surface area contributed by atoms with Crippen molar-refractivity contribution in [2.75, 3.05) is 0 Å². The molecule has 3 heteroatoms. The molecule has 20 heavy (non-hydrogen) atoms. The molecular weight excluding hydrogens is 257 g/mol. The van der Waals surface area contributed by atoms with Crippen LogP contribution in [0.25, 0.3) is 0 Å². The summed E-state index contributed by atoms with van der Waals surface area (Å²) in [4.78, 5) is 0. The molecule has 0 aliphatic rings. The molecule has 2 aromatic rings. The first-order valence-corrected chi connectivity index (χ1v) is 5.55. The molecule has 2 rings (SSSR count). The van der Waals surface area contributed by atoms with E-state index in [1.54, 1.807) is 12.2 Å². The van der Waals surface area contributed by atoms with Crippen LogP contribution >= 0.6 is 0 Å². The van der Waals surface area contributed by atoms with Gasteiger partial charge in [-0.2, -0.15) is 0 Å². The Balaban J connectivity index is -0.000000372. The summed E-state index contributed by atoms with van der Waals surface area (Å²) in [5.74, 6) is 0. The first-order valence-electron chi connectivity index (χ1n) is 5.55. The molecule has 0 radical (unpaired) electrons. The van der Waals surface area contributed by atoms with Crippen molar-refractivity contribution in [3.05, 3.63) is 104 Å². The molecule has 0 N–H and O–H groups in total. The molecule has 0 amide bonds. The number of rotatable bonds is 2. The van der Waals surface area contributed by atoms with Crippen LogP contribution in [0.2, 0.25) is 0 Å². The van der Waals surface area contributed by atoms with Gasteiger partial charge in [-0.1, -0.05) is 36.4 Å². The zero-order valence-corrected chi connectivity index (χ0v) is 16.0. The summed E-state index contributed by atoms with van der Waals surface area (Å²) in [5.41, 5.74) is 2.49. The number of hydrogen-bond donors (Lipinski definition) is 0. The first kappa shape index (κ1) is 25.6. The van der Waals surface area contributed by atoms with Crippen LogP contribution in [0.1, 0.15) is 11.1 Å². The van der Waals surface area contributed by atoms with Crippen LogP contribution in [0.3, 0.4) is 0 Å². The maximum absolute atomic E-state index is 3.36. The predicted molar refractivity (Wildman–Crippen MR) is 75.2 cm³/mol. The average Bonchev–Trinajstić information content (AvgIpc) is 2.41. The third kappa shape index (κ3) is 12.4. The van der Waals surface area contributed by atoms with E-state index in [1.807, 2.05) is 12.1 Å². The quantitative estimate of drug-likeness (QED) is 0.383. The number of hydrogen-bond acceptors (Lipinski definition) is 0. The zero-order chi connectivity index (χ0) is 12.3. The summed E-state index contributed by atoms with van der Waals surface area (Å²) in [6.45, 7) is 6.72. The molecule has 0 saturated carbocycles. The van der Waals surface area contributed by atoms with Crippen molar-refractivity contribution in [1.82, 2.24) is 0 Å². The zero-order valence-electron chi connectivity index (χ0n) is 12.9. The molecular formula is C17H17KLi2. The fraction of sp³-hybridized carbons (Fsp3) is 0. The molecule has 88 valence electrons. The Bertz CT molecular complexity index is 386. The topological polar surface area (TPSA) is 0 Å². The van der Waals surface area contributed by atoms with Crippen LogP contribution in [0.4, 0.5) is 0 Å². The average molecular weight is 274 g/mol. The van der Waals surface area contributed by atoms with Gasteiger partial charge in [0.1, 0.15) is 0 Å². The second-order valence-corrected chi connectivity index (χ2v) is 3.44. The van der Waals surface area contributed by atoms with E-state index >= 15 is 0 Å². The van der Waals surface area contributed by atoms with E-state index in [1.165, 1.54) is 11.1 Å². The van der Waals surface area contributed by atoms with Gasteiger partial charge in [-0.15, -0.1) is 41.8 Å². The Labute approximate surface area is 190 Å². The molecule has 0 heterocycles. The molecule has 0 saturated heterocycles. The monoisotopic (exact) mass is 274 g/mol. The van der Waals surface area contributed by atoms with Gasteiger partial charge >= 0.3 is 89.1 Å². The van der Waals surface area contributed by atoms with E-state index in [0.717, 1.165) is 0 Å². The summed E-state index contributed by atoms with van der Waals surface area (Å²) >= 11 is 0. The van der Waals surface area contributed by atoms with Crippen LogP contribution in [0, 0.1) is 20.3 Å². The van der Waals surface area contributed by atoms with Crippen molar-refractivity contribution in [1.29, 1.82) is 0 Å². The molecule has 2 aromatic carbocycles. The maximum Gasteiger partial charge on any atom is 1.00 e. The standard InChI is InChI=1S/C13H11.C4H6.K.2Li/c1-3-7-12(8-4-1)11-13-9-5-2-6-10-13;1-3-4-2;;;/h1-11H;3-4H,1-2H2;;;/q-1;-2;3*+1. The van der Waals surface area contributed by atoms with Crippen LogP contribution in [0.5, 0.6) is 0 Å². The molecule has 0 spiro atoms. The summed E-state index contributed by atoms with van der Waals surface area (Å²) in [6, 6.07) is 20.7. The minimum Gasteiger partial charge on any atom is -0.382 e. The van der Waals surface area contributed by atoms with E-state index in [0.29, 0.717) is 0 Å². The molecule has 0 unspecified atom stereocenters. The minimum absolute atomic E-state index is 0. The van der Waals surface area contributed by atoms with Gasteiger partial charge in [0.15, 0.2) is 0 Å². The Morgan fingerprint density at radius 2 is 0.950 bits per heavy atom. The van der Waals surface area contributed by atoms with Gasteiger partial charge in [0.2, 0.25) is 0 Å². The predicted octanol–water partition coefficient (Wildman–Crippen LogP) is -4.49. The first-order chi connectivity index (χ1) is 8.36. The van der Waals surface area contributed by atoms with Gasteiger partial charge in [0.25, 0.3) is 0 Å². The molecule has 0 nitrogen and oxygen atoms in total. The Kier molecular flexibility index (Phi) is 22.6. The number of allylic oxidation sites excluding steroid dienone is 2. The minimum atomic E-state index is 0. The Morgan fingerprint density at radius 1 is 0.650 bits per heavy atom. The number of benzene rings is 2. The van der Waals surface area contributed by atoms with Crippen LogP contribution in [-0.4, -0.2) is 0 Å². The van der Waals surface area contributed by atoms with Gasteiger partial charge in [0.05, 0.1) is 0 Å². The summed E-state index contributed by atoms with van der Waals surface area (Å²) < 4.78 is 0. The van der Waals surface area contributed by atoms with Crippen molar-refractivity contribution < 1.29 is 89.1 Å². The van der Waals surface area contributed by atoms with Crippen LogP contribution in [0.15, 0.2) is 72.8 Å². The van der Waals surface area contributed by atoms with E-state index in [9.17, 15) is 0 Å². The summed E-state index contributed by atoms with van der Waals surface area (Å²) in [7, 11) is 0. The fourth-order valence-electron chi connectivity index (χ4n) is 1.29. The van der Waals surface area contributed by atoms with Gasteiger partial charge in [-0.3, -0.25) is 0 Å².